The van der Waals surface area contributed by atoms with Crippen LogP contribution in [0.2, 0.25) is 0 Å². The molecule has 0 heterocycles. The molecule has 1 aromatic carbocycles. The predicted octanol–water partition coefficient (Wildman–Crippen LogP) is 1.19. The maximum absolute atomic E-state index is 10.6. The molecule has 1 aromatic rings. The van der Waals surface area contributed by atoms with Gasteiger partial charge in [-0.1, -0.05) is 0 Å². The molecule has 0 aliphatic carbocycles. The highest BCUT2D eigenvalue weighted by molar-refractivity contribution is 5.45. The maximum atomic E-state index is 10.6. The van der Waals surface area contributed by atoms with Gasteiger partial charge >= 0.3 is 0 Å². The first-order chi connectivity index (χ1) is 6.50. The summed E-state index contributed by atoms with van der Waals surface area (Å²) in [4.78, 5) is 10.1. The van der Waals surface area contributed by atoms with E-state index in [1.165, 1.54) is 12.1 Å². The molecule has 0 aliphatic rings. The van der Waals surface area contributed by atoms with E-state index in [0.717, 1.165) is 6.07 Å². The van der Waals surface area contributed by atoms with E-state index in [-0.39, 0.29) is 17.5 Å². The van der Waals surface area contributed by atoms with Crippen molar-refractivity contribution < 1.29 is 10.0 Å². The van der Waals surface area contributed by atoms with Crippen molar-refractivity contribution in [1.29, 1.82) is 0 Å². The zero-order valence-electron chi connectivity index (χ0n) is 7.80. The first kappa shape index (κ1) is 10.5. The highest BCUT2D eigenvalue weighted by atomic mass is 16.6. The van der Waals surface area contributed by atoms with Crippen LogP contribution in [0.3, 0.4) is 0 Å². The first-order valence-electron chi connectivity index (χ1n) is 4.22. The second-order valence-corrected chi connectivity index (χ2v) is 3.25. The molecule has 0 radical (unpaired) electrons. The molecule has 0 saturated carbocycles. The van der Waals surface area contributed by atoms with Crippen LogP contribution >= 0.6 is 0 Å². The van der Waals surface area contributed by atoms with Crippen molar-refractivity contribution in [2.24, 2.45) is 5.73 Å². The minimum absolute atomic E-state index is 0.0812. The van der Waals surface area contributed by atoms with E-state index < -0.39 is 4.92 Å². The van der Waals surface area contributed by atoms with Crippen molar-refractivity contribution in [2.75, 3.05) is 0 Å². The summed E-state index contributed by atoms with van der Waals surface area (Å²) in [7, 11) is 0. The van der Waals surface area contributed by atoms with Gasteiger partial charge in [-0.15, -0.1) is 0 Å². The lowest BCUT2D eigenvalue weighted by Crippen LogP contribution is -2.18. The van der Waals surface area contributed by atoms with Crippen LogP contribution in [0.4, 0.5) is 5.69 Å². The number of benzene rings is 1. The average molecular weight is 196 g/mol. The Morgan fingerprint density at radius 3 is 2.79 bits per heavy atom. The van der Waals surface area contributed by atoms with Crippen molar-refractivity contribution in [3.63, 3.8) is 0 Å². The van der Waals surface area contributed by atoms with Gasteiger partial charge in [-0.3, -0.25) is 10.1 Å². The van der Waals surface area contributed by atoms with Crippen LogP contribution < -0.4 is 5.73 Å². The number of nitro groups is 1. The highest BCUT2D eigenvalue weighted by Gasteiger charge is 2.15. The fraction of sp³-hybridized carbons (Fsp3) is 0.333. The van der Waals surface area contributed by atoms with Gasteiger partial charge in [0.15, 0.2) is 0 Å². The predicted molar refractivity (Wildman–Crippen MR) is 52.1 cm³/mol. The molecule has 0 bridgehead atoms. The van der Waals surface area contributed by atoms with E-state index in [2.05, 4.69) is 0 Å². The number of nitrogens with zero attached hydrogens (tertiary/aromatic N) is 1. The second-order valence-electron chi connectivity index (χ2n) is 3.25. The summed E-state index contributed by atoms with van der Waals surface area (Å²) in [6.45, 7) is 1.77. The molecule has 0 aliphatic heterocycles. The molecule has 0 amide bonds. The molecule has 0 saturated heterocycles. The molecule has 0 fully saturated rings. The van der Waals surface area contributed by atoms with Gasteiger partial charge in [0.05, 0.1) is 11.0 Å². The van der Waals surface area contributed by atoms with Crippen LogP contribution in [0, 0.1) is 10.1 Å². The van der Waals surface area contributed by atoms with Crippen molar-refractivity contribution in [3.8, 4) is 5.75 Å². The molecule has 76 valence electrons. The van der Waals surface area contributed by atoms with E-state index in [1.54, 1.807) is 6.92 Å². The van der Waals surface area contributed by atoms with Crippen molar-refractivity contribution >= 4 is 5.69 Å². The second kappa shape index (κ2) is 4.06. The number of aromatic hydroxyl groups is 1. The molecule has 5 heteroatoms. The normalized spacial score (nSPS) is 12.4. The Bertz CT molecular complexity index is 350. The number of rotatable bonds is 3. The zero-order valence-corrected chi connectivity index (χ0v) is 7.80. The fourth-order valence-electron chi connectivity index (χ4n) is 1.24. The number of nitro benzene ring substituents is 1. The van der Waals surface area contributed by atoms with Crippen LogP contribution in [-0.2, 0) is 6.42 Å². The molecule has 1 atom stereocenters. The third kappa shape index (κ3) is 2.43. The van der Waals surface area contributed by atoms with Gasteiger partial charge in [0, 0.05) is 11.6 Å². The summed E-state index contributed by atoms with van der Waals surface area (Å²) < 4.78 is 0. The van der Waals surface area contributed by atoms with Gasteiger partial charge in [-0.05, 0) is 25.5 Å². The number of phenolic OH excluding ortho intramolecular Hbond substituents is 1. The van der Waals surface area contributed by atoms with Crippen LogP contribution in [-0.4, -0.2) is 16.1 Å². The SMILES string of the molecule is C[C@H](N)Cc1ccc(O)cc1[N+](=O)[O-]. The maximum Gasteiger partial charge on any atom is 0.276 e. The van der Waals surface area contributed by atoms with Gasteiger partial charge in [-0.25, -0.2) is 0 Å². The molecule has 14 heavy (non-hydrogen) atoms. The van der Waals surface area contributed by atoms with Crippen LogP contribution in [0.25, 0.3) is 0 Å². The summed E-state index contributed by atoms with van der Waals surface area (Å²) in [6, 6.07) is 3.94. The number of phenols is 1. The molecular formula is C9H12N2O3. The summed E-state index contributed by atoms with van der Waals surface area (Å²) in [6.07, 6.45) is 0.427. The van der Waals surface area contributed by atoms with E-state index in [4.69, 9.17) is 10.8 Å². The highest BCUT2D eigenvalue weighted by Crippen LogP contribution is 2.24. The number of hydrogen-bond donors (Lipinski definition) is 2. The summed E-state index contributed by atoms with van der Waals surface area (Å²) in [5.74, 6) is -0.106. The van der Waals surface area contributed by atoms with Crippen molar-refractivity contribution in [2.45, 2.75) is 19.4 Å². The Kier molecular flexibility index (Phi) is 3.03. The monoisotopic (exact) mass is 196 g/mol. The third-order valence-electron chi connectivity index (χ3n) is 1.81. The van der Waals surface area contributed by atoms with Crippen molar-refractivity contribution in [3.05, 3.63) is 33.9 Å². The Hall–Kier alpha value is -1.62. The van der Waals surface area contributed by atoms with Gasteiger partial charge < -0.3 is 10.8 Å². The zero-order chi connectivity index (χ0) is 10.7. The third-order valence-corrected chi connectivity index (χ3v) is 1.81. The van der Waals surface area contributed by atoms with E-state index in [1.807, 2.05) is 0 Å². The Balaban J connectivity index is 3.08. The molecule has 0 spiro atoms. The minimum Gasteiger partial charge on any atom is -0.508 e. The lowest BCUT2D eigenvalue weighted by atomic mass is 10.1. The lowest BCUT2D eigenvalue weighted by molar-refractivity contribution is -0.385. The Morgan fingerprint density at radius 2 is 2.29 bits per heavy atom. The lowest BCUT2D eigenvalue weighted by Gasteiger charge is -2.05. The summed E-state index contributed by atoms with van der Waals surface area (Å²) >= 11 is 0. The number of nitrogens with two attached hydrogens (primary N) is 1. The summed E-state index contributed by atoms with van der Waals surface area (Å²) in [5, 5.41) is 19.7. The quantitative estimate of drug-likeness (QED) is 0.561. The molecule has 1 rings (SSSR count). The van der Waals surface area contributed by atoms with Crippen LogP contribution in [0.5, 0.6) is 5.75 Å². The minimum atomic E-state index is -0.516. The van der Waals surface area contributed by atoms with Gasteiger partial charge in [-0.2, -0.15) is 0 Å². The molecule has 3 N–H and O–H groups in total. The average Bonchev–Trinajstić information content (AvgIpc) is 2.07. The van der Waals surface area contributed by atoms with E-state index in [9.17, 15) is 10.1 Å². The standard InChI is InChI=1S/C9H12N2O3/c1-6(10)4-7-2-3-8(12)5-9(7)11(13)14/h2-3,5-6,12H,4,10H2,1H3/t6-/m0/s1. The topological polar surface area (TPSA) is 89.4 Å². The van der Waals surface area contributed by atoms with E-state index in [0.29, 0.717) is 12.0 Å². The van der Waals surface area contributed by atoms with Crippen molar-refractivity contribution in [1.82, 2.24) is 0 Å². The molecule has 5 nitrogen and oxygen atoms in total. The van der Waals surface area contributed by atoms with Gasteiger partial charge in [0.2, 0.25) is 0 Å². The van der Waals surface area contributed by atoms with Crippen LogP contribution in [0.1, 0.15) is 12.5 Å². The smallest absolute Gasteiger partial charge is 0.276 e. The largest absolute Gasteiger partial charge is 0.508 e. The van der Waals surface area contributed by atoms with Crippen LogP contribution in [0.15, 0.2) is 18.2 Å². The first-order valence-corrected chi connectivity index (χ1v) is 4.22. The Morgan fingerprint density at radius 1 is 1.64 bits per heavy atom. The summed E-state index contributed by atoms with van der Waals surface area (Å²) in [5.41, 5.74) is 6.01. The molecule has 0 aromatic heterocycles. The Labute approximate surface area is 81.3 Å². The van der Waals surface area contributed by atoms with Gasteiger partial charge in [0.25, 0.3) is 5.69 Å². The number of hydrogen-bond acceptors (Lipinski definition) is 4. The van der Waals surface area contributed by atoms with E-state index >= 15 is 0 Å². The fourth-order valence-corrected chi connectivity index (χ4v) is 1.24. The molecule has 0 unspecified atom stereocenters. The van der Waals surface area contributed by atoms with Gasteiger partial charge in [0.1, 0.15) is 5.75 Å². The molecular weight excluding hydrogens is 184 g/mol.